The topological polar surface area (TPSA) is 94.2 Å². The number of nitrogens with zero attached hydrogens (tertiary/aromatic N) is 1. The lowest BCUT2D eigenvalue weighted by molar-refractivity contribution is -0.122. The van der Waals surface area contributed by atoms with Gasteiger partial charge in [0.15, 0.2) is 11.5 Å². The van der Waals surface area contributed by atoms with E-state index in [0.29, 0.717) is 47.7 Å². The van der Waals surface area contributed by atoms with E-state index in [1.165, 1.54) is 6.08 Å². The number of benzene rings is 3. The molecule has 3 aromatic rings. The van der Waals surface area contributed by atoms with Gasteiger partial charge in [0.1, 0.15) is 17.9 Å². The van der Waals surface area contributed by atoms with Crippen molar-refractivity contribution in [3.8, 4) is 17.2 Å². The Kier molecular flexibility index (Phi) is 9.11. The van der Waals surface area contributed by atoms with E-state index in [9.17, 15) is 14.4 Å². The first kappa shape index (κ1) is 28.0. The minimum Gasteiger partial charge on any atom is -0.490 e. The van der Waals surface area contributed by atoms with E-state index in [2.05, 4.69) is 5.32 Å². The number of nitrogens with one attached hydrogen (secondary N) is 1. The number of barbiturate groups is 1. The Morgan fingerprint density at radius 1 is 0.897 bits per heavy atom. The largest absolute Gasteiger partial charge is 0.490 e. The molecule has 1 aliphatic heterocycles. The smallest absolute Gasteiger partial charge is 0.335 e. The van der Waals surface area contributed by atoms with Crippen molar-refractivity contribution < 1.29 is 28.6 Å². The second-order valence-corrected chi connectivity index (χ2v) is 9.32. The standard InChI is InChI=1S/C29H26Cl2N2O6/c1-3-13-38-26-24(31)15-19(16-25(26)37-4-2)14-23-27(34)32-29(36)33(28(23)35)21-9-11-22(12-10-21)39-17-18-5-7-20(30)8-6-18/h5-12,14-16H,3-4,13,17H2,1-2H3,(H,32,34,36)/b23-14+. The summed E-state index contributed by atoms with van der Waals surface area (Å²) in [7, 11) is 0. The van der Waals surface area contributed by atoms with Crippen molar-refractivity contribution in [3.63, 3.8) is 0 Å². The lowest BCUT2D eigenvalue weighted by Gasteiger charge is -2.26. The third-order valence-electron chi connectivity index (χ3n) is 5.61. The van der Waals surface area contributed by atoms with Crippen LogP contribution < -0.4 is 24.4 Å². The summed E-state index contributed by atoms with van der Waals surface area (Å²) < 4.78 is 17.1. The van der Waals surface area contributed by atoms with E-state index in [-0.39, 0.29) is 16.3 Å². The van der Waals surface area contributed by atoms with Gasteiger partial charge in [0.25, 0.3) is 11.8 Å². The van der Waals surface area contributed by atoms with Crippen LogP contribution in [0.5, 0.6) is 17.2 Å². The molecule has 0 spiro atoms. The monoisotopic (exact) mass is 568 g/mol. The van der Waals surface area contributed by atoms with Crippen LogP contribution in [-0.2, 0) is 16.2 Å². The highest BCUT2D eigenvalue weighted by Gasteiger charge is 2.37. The zero-order valence-corrected chi connectivity index (χ0v) is 22.8. The fourth-order valence-corrected chi connectivity index (χ4v) is 4.18. The van der Waals surface area contributed by atoms with Crippen molar-refractivity contribution in [2.24, 2.45) is 0 Å². The molecule has 1 saturated heterocycles. The first-order valence-corrected chi connectivity index (χ1v) is 13.0. The van der Waals surface area contributed by atoms with Crippen LogP contribution in [0.4, 0.5) is 10.5 Å². The SMILES string of the molecule is CCCOc1c(Cl)cc(/C=C2\C(=O)NC(=O)N(c3ccc(OCc4ccc(Cl)cc4)cc3)C2=O)cc1OCC. The Bertz CT molecular complexity index is 1400. The van der Waals surface area contributed by atoms with Gasteiger partial charge in [-0.3, -0.25) is 14.9 Å². The maximum atomic E-state index is 13.3. The van der Waals surface area contributed by atoms with E-state index in [4.69, 9.17) is 37.4 Å². The highest BCUT2D eigenvalue weighted by molar-refractivity contribution is 6.39. The van der Waals surface area contributed by atoms with Gasteiger partial charge in [0.05, 0.1) is 23.9 Å². The van der Waals surface area contributed by atoms with Gasteiger partial charge in [0, 0.05) is 5.02 Å². The summed E-state index contributed by atoms with van der Waals surface area (Å²) in [5.41, 5.74) is 1.40. The first-order valence-electron chi connectivity index (χ1n) is 12.3. The number of imide groups is 2. The fourth-order valence-electron chi connectivity index (χ4n) is 3.78. The van der Waals surface area contributed by atoms with Crippen LogP contribution in [0.2, 0.25) is 10.0 Å². The lowest BCUT2D eigenvalue weighted by atomic mass is 10.1. The number of halogens is 2. The van der Waals surface area contributed by atoms with E-state index in [1.807, 2.05) is 26.0 Å². The Morgan fingerprint density at radius 3 is 2.28 bits per heavy atom. The third kappa shape index (κ3) is 6.71. The number of anilines is 1. The molecule has 39 heavy (non-hydrogen) atoms. The minimum absolute atomic E-state index is 0.238. The van der Waals surface area contributed by atoms with Crippen LogP contribution in [-0.4, -0.2) is 31.1 Å². The number of ether oxygens (including phenoxy) is 3. The molecule has 0 saturated carbocycles. The first-order chi connectivity index (χ1) is 18.8. The van der Waals surface area contributed by atoms with E-state index < -0.39 is 17.8 Å². The molecule has 8 nitrogen and oxygen atoms in total. The summed E-state index contributed by atoms with van der Waals surface area (Å²) in [6, 6.07) is 16.0. The molecule has 0 atom stereocenters. The average molecular weight is 569 g/mol. The summed E-state index contributed by atoms with van der Waals surface area (Å²) in [5, 5.41) is 3.12. The van der Waals surface area contributed by atoms with Gasteiger partial charge in [-0.05, 0) is 79.1 Å². The Hall–Kier alpha value is -4.01. The Balaban J connectivity index is 1.56. The van der Waals surface area contributed by atoms with Gasteiger partial charge >= 0.3 is 6.03 Å². The van der Waals surface area contributed by atoms with Gasteiger partial charge < -0.3 is 14.2 Å². The van der Waals surface area contributed by atoms with Crippen LogP contribution in [0.15, 0.2) is 66.2 Å². The molecular formula is C29H26Cl2N2O6. The van der Waals surface area contributed by atoms with Gasteiger partial charge in [-0.2, -0.15) is 0 Å². The van der Waals surface area contributed by atoms with E-state index in [0.717, 1.165) is 16.9 Å². The second kappa shape index (κ2) is 12.7. The molecular weight excluding hydrogens is 543 g/mol. The van der Waals surface area contributed by atoms with Gasteiger partial charge in [0.2, 0.25) is 0 Å². The summed E-state index contributed by atoms with van der Waals surface area (Å²) >= 11 is 12.3. The molecule has 0 bridgehead atoms. The number of rotatable bonds is 10. The normalized spacial score (nSPS) is 14.4. The molecule has 0 aromatic heterocycles. The number of carbonyl (C=O) groups is 3. The van der Waals surface area contributed by atoms with Crippen molar-refractivity contribution in [1.82, 2.24) is 5.32 Å². The van der Waals surface area contributed by atoms with Gasteiger partial charge in [-0.1, -0.05) is 42.3 Å². The Morgan fingerprint density at radius 2 is 1.62 bits per heavy atom. The number of hydrogen-bond donors (Lipinski definition) is 1. The summed E-state index contributed by atoms with van der Waals surface area (Å²) in [6.45, 7) is 4.91. The van der Waals surface area contributed by atoms with Crippen molar-refractivity contribution in [3.05, 3.63) is 87.4 Å². The summed E-state index contributed by atoms with van der Waals surface area (Å²) in [5.74, 6) is -0.286. The average Bonchev–Trinajstić information content (AvgIpc) is 2.91. The highest BCUT2D eigenvalue weighted by atomic mass is 35.5. The maximum Gasteiger partial charge on any atom is 0.335 e. The molecule has 0 aliphatic carbocycles. The van der Waals surface area contributed by atoms with Crippen LogP contribution in [0, 0.1) is 0 Å². The predicted octanol–water partition coefficient (Wildman–Crippen LogP) is 6.43. The molecule has 10 heteroatoms. The van der Waals surface area contributed by atoms with Crippen LogP contribution in [0.3, 0.4) is 0 Å². The molecule has 0 unspecified atom stereocenters. The third-order valence-corrected chi connectivity index (χ3v) is 6.14. The lowest BCUT2D eigenvalue weighted by Crippen LogP contribution is -2.54. The molecule has 4 amide bonds. The number of urea groups is 1. The molecule has 4 rings (SSSR count). The Labute approximate surface area is 236 Å². The number of amides is 4. The van der Waals surface area contributed by atoms with Crippen LogP contribution in [0.1, 0.15) is 31.4 Å². The van der Waals surface area contributed by atoms with Crippen molar-refractivity contribution in [2.45, 2.75) is 26.9 Å². The van der Waals surface area contributed by atoms with Gasteiger partial charge in [-0.25, -0.2) is 9.69 Å². The van der Waals surface area contributed by atoms with E-state index >= 15 is 0 Å². The molecule has 1 N–H and O–H groups in total. The molecule has 1 fully saturated rings. The van der Waals surface area contributed by atoms with Gasteiger partial charge in [-0.15, -0.1) is 0 Å². The second-order valence-electron chi connectivity index (χ2n) is 8.48. The zero-order chi connectivity index (χ0) is 27.9. The molecule has 0 radical (unpaired) electrons. The molecule has 3 aromatic carbocycles. The quantitative estimate of drug-likeness (QED) is 0.224. The summed E-state index contributed by atoms with van der Waals surface area (Å²) in [6.07, 6.45) is 2.14. The highest BCUT2D eigenvalue weighted by Crippen LogP contribution is 2.38. The fraction of sp³-hybridized carbons (Fsp3) is 0.207. The maximum absolute atomic E-state index is 13.3. The summed E-state index contributed by atoms with van der Waals surface area (Å²) in [4.78, 5) is 39.5. The number of hydrogen-bond acceptors (Lipinski definition) is 6. The predicted molar refractivity (Wildman–Crippen MR) is 150 cm³/mol. The van der Waals surface area contributed by atoms with Crippen molar-refractivity contribution in [2.75, 3.05) is 18.1 Å². The molecule has 1 heterocycles. The van der Waals surface area contributed by atoms with Crippen molar-refractivity contribution in [1.29, 1.82) is 0 Å². The van der Waals surface area contributed by atoms with Crippen LogP contribution in [0.25, 0.3) is 6.08 Å². The zero-order valence-electron chi connectivity index (χ0n) is 21.3. The molecule has 202 valence electrons. The minimum atomic E-state index is -0.853. The van der Waals surface area contributed by atoms with E-state index in [1.54, 1.807) is 48.5 Å². The molecule has 1 aliphatic rings. The van der Waals surface area contributed by atoms with Crippen LogP contribution >= 0.6 is 23.2 Å². The van der Waals surface area contributed by atoms with Crippen molar-refractivity contribution >= 4 is 52.8 Å². The number of carbonyl (C=O) groups excluding carboxylic acids is 3.